The van der Waals surface area contributed by atoms with E-state index in [1.54, 1.807) is 64.2 Å². The van der Waals surface area contributed by atoms with Crippen molar-refractivity contribution in [2.45, 2.75) is 32.8 Å². The van der Waals surface area contributed by atoms with Crippen molar-refractivity contribution in [3.05, 3.63) is 128 Å². The SMILES string of the molecule is Cn1c(=O)/c(=C/c2c(C(=O)OC(C)(C)C)[nH]c3ccccc23)nc(OCCCN2C(=O)c3ccccc3C2=O)/c1=C/c1ccccc1. The van der Waals surface area contributed by atoms with Gasteiger partial charge in [0.15, 0.2) is 0 Å². The predicted molar refractivity (Wildman–Crippen MR) is 178 cm³/mol. The maximum absolute atomic E-state index is 13.8. The summed E-state index contributed by atoms with van der Waals surface area (Å²) in [5.74, 6) is -1.04. The Labute approximate surface area is 270 Å². The van der Waals surface area contributed by atoms with Crippen LogP contribution in [0.3, 0.4) is 0 Å². The Morgan fingerprint density at radius 1 is 0.872 bits per heavy atom. The fourth-order valence-corrected chi connectivity index (χ4v) is 5.48. The lowest BCUT2D eigenvalue weighted by Crippen LogP contribution is -2.44. The van der Waals surface area contributed by atoms with Gasteiger partial charge in [-0.25, -0.2) is 9.78 Å². The van der Waals surface area contributed by atoms with Crippen LogP contribution >= 0.6 is 0 Å². The number of benzene rings is 3. The van der Waals surface area contributed by atoms with Crippen molar-refractivity contribution >= 4 is 40.8 Å². The van der Waals surface area contributed by atoms with Crippen LogP contribution in [-0.4, -0.2) is 56.0 Å². The van der Waals surface area contributed by atoms with E-state index in [0.717, 1.165) is 10.9 Å². The Bertz CT molecular complexity index is 2170. The normalized spacial score (nSPS) is 13.8. The Balaban J connectivity index is 1.38. The molecule has 3 heterocycles. The molecule has 10 nitrogen and oxygen atoms in total. The average molecular weight is 631 g/mol. The summed E-state index contributed by atoms with van der Waals surface area (Å²) in [6.45, 7) is 5.63. The minimum atomic E-state index is -0.733. The van der Waals surface area contributed by atoms with E-state index in [0.29, 0.717) is 34.0 Å². The first-order valence-corrected chi connectivity index (χ1v) is 15.3. The Kier molecular flexibility index (Phi) is 8.34. The van der Waals surface area contributed by atoms with Gasteiger partial charge in [-0.3, -0.25) is 19.3 Å². The average Bonchev–Trinajstić information content (AvgIpc) is 3.53. The lowest BCUT2D eigenvalue weighted by Gasteiger charge is -2.19. The highest BCUT2D eigenvalue weighted by Crippen LogP contribution is 2.25. The Morgan fingerprint density at radius 3 is 2.19 bits per heavy atom. The van der Waals surface area contributed by atoms with Crippen LogP contribution in [0.1, 0.15) is 69.5 Å². The summed E-state index contributed by atoms with van der Waals surface area (Å²) in [5.41, 5.74) is 1.86. The highest BCUT2D eigenvalue weighted by Gasteiger charge is 2.34. The summed E-state index contributed by atoms with van der Waals surface area (Å²) in [7, 11) is 1.63. The summed E-state index contributed by atoms with van der Waals surface area (Å²) >= 11 is 0. The summed E-state index contributed by atoms with van der Waals surface area (Å²) < 4.78 is 13.3. The van der Waals surface area contributed by atoms with Gasteiger partial charge in [-0.15, -0.1) is 0 Å². The molecule has 6 rings (SSSR count). The minimum Gasteiger partial charge on any atom is -0.476 e. The molecule has 5 aromatic rings. The van der Waals surface area contributed by atoms with Gasteiger partial charge in [0.25, 0.3) is 17.4 Å². The predicted octanol–water partition coefficient (Wildman–Crippen LogP) is 3.94. The van der Waals surface area contributed by atoms with Crippen LogP contribution in [0.4, 0.5) is 0 Å². The largest absolute Gasteiger partial charge is 0.476 e. The zero-order chi connectivity index (χ0) is 33.3. The maximum atomic E-state index is 13.8. The molecule has 3 aromatic carbocycles. The molecule has 0 radical (unpaired) electrons. The minimum absolute atomic E-state index is 0.0580. The molecular formula is C37H34N4O6. The molecule has 0 saturated heterocycles. The maximum Gasteiger partial charge on any atom is 0.355 e. The molecule has 0 fully saturated rings. The van der Waals surface area contributed by atoms with E-state index >= 15 is 0 Å². The number of esters is 1. The van der Waals surface area contributed by atoms with Crippen LogP contribution in [0, 0.1) is 0 Å². The number of imide groups is 1. The van der Waals surface area contributed by atoms with E-state index in [9.17, 15) is 19.2 Å². The third-order valence-electron chi connectivity index (χ3n) is 7.70. The van der Waals surface area contributed by atoms with E-state index in [-0.39, 0.29) is 41.9 Å². The summed E-state index contributed by atoms with van der Waals surface area (Å²) in [4.78, 5) is 61.7. The number of aromatic nitrogens is 3. The van der Waals surface area contributed by atoms with E-state index in [2.05, 4.69) is 9.97 Å². The molecule has 10 heteroatoms. The molecule has 0 bridgehead atoms. The molecule has 238 valence electrons. The number of H-pyrrole nitrogens is 1. The van der Waals surface area contributed by atoms with Crippen molar-refractivity contribution < 1.29 is 23.9 Å². The van der Waals surface area contributed by atoms with Gasteiger partial charge in [-0.05, 0) is 63.1 Å². The smallest absolute Gasteiger partial charge is 0.355 e. The van der Waals surface area contributed by atoms with E-state index in [1.165, 1.54) is 9.47 Å². The van der Waals surface area contributed by atoms with Crippen LogP contribution in [0.25, 0.3) is 23.1 Å². The van der Waals surface area contributed by atoms with Crippen LogP contribution in [0.15, 0.2) is 83.7 Å². The molecule has 47 heavy (non-hydrogen) atoms. The van der Waals surface area contributed by atoms with Crippen molar-refractivity contribution in [3.63, 3.8) is 0 Å². The van der Waals surface area contributed by atoms with E-state index < -0.39 is 17.1 Å². The number of carbonyl (C=O) groups is 3. The van der Waals surface area contributed by atoms with Gasteiger partial charge in [0.1, 0.15) is 22.0 Å². The third kappa shape index (κ3) is 6.35. The lowest BCUT2D eigenvalue weighted by molar-refractivity contribution is 0.00633. The first-order valence-electron chi connectivity index (χ1n) is 15.3. The van der Waals surface area contributed by atoms with Gasteiger partial charge < -0.3 is 19.0 Å². The standard InChI is InChI=1S/C37H34N4O6/c1-37(2,3)47-36(45)31-27(24-15-10-11-18-28(24)38-31)22-29-35(44)40(4)30(21-23-13-6-5-7-14-23)32(39-29)46-20-12-19-41-33(42)25-16-8-9-17-26(25)34(41)43/h5-11,13-18,21-22,38H,12,19-20H2,1-4H3/b29-22-,30-21-. The van der Waals surface area contributed by atoms with Gasteiger partial charge >= 0.3 is 5.97 Å². The monoisotopic (exact) mass is 630 g/mol. The zero-order valence-electron chi connectivity index (χ0n) is 26.6. The molecule has 1 aliphatic rings. The van der Waals surface area contributed by atoms with Crippen molar-refractivity contribution in [1.29, 1.82) is 0 Å². The number of para-hydroxylation sites is 1. The lowest BCUT2D eigenvalue weighted by atomic mass is 10.1. The fraction of sp³-hybridized carbons (Fsp3) is 0.216. The molecular weight excluding hydrogens is 596 g/mol. The number of hydrogen-bond acceptors (Lipinski definition) is 7. The van der Waals surface area contributed by atoms with E-state index in [1.807, 2.05) is 54.6 Å². The molecule has 0 unspecified atom stereocenters. The topological polar surface area (TPSA) is 124 Å². The number of aromatic amines is 1. The summed E-state index contributed by atoms with van der Waals surface area (Å²) in [6, 6.07) is 23.6. The van der Waals surface area contributed by atoms with Crippen molar-refractivity contribution in [2.75, 3.05) is 13.2 Å². The number of hydrogen-bond donors (Lipinski definition) is 1. The summed E-state index contributed by atoms with van der Waals surface area (Å²) in [6.07, 6.45) is 3.71. The van der Waals surface area contributed by atoms with Crippen molar-refractivity contribution in [2.24, 2.45) is 7.05 Å². The van der Waals surface area contributed by atoms with Gasteiger partial charge in [-0.2, -0.15) is 0 Å². The molecule has 1 aliphatic heterocycles. The molecule has 0 spiro atoms. The molecule has 2 amide bonds. The second kappa shape index (κ2) is 12.6. The Morgan fingerprint density at radius 2 is 1.51 bits per heavy atom. The number of rotatable bonds is 8. The van der Waals surface area contributed by atoms with Crippen LogP contribution in [-0.2, 0) is 11.8 Å². The first kappa shape index (κ1) is 31.2. The second-order valence-corrected chi connectivity index (χ2v) is 12.2. The van der Waals surface area contributed by atoms with Crippen molar-refractivity contribution in [3.8, 4) is 5.88 Å². The molecule has 1 N–H and O–H groups in total. The number of fused-ring (bicyclic) bond motifs is 2. The highest BCUT2D eigenvalue weighted by molar-refractivity contribution is 6.21. The van der Waals surface area contributed by atoms with Gasteiger partial charge in [0.05, 0.1) is 17.7 Å². The molecule has 2 aromatic heterocycles. The number of carbonyl (C=O) groups excluding carboxylic acids is 3. The Hall–Kier alpha value is -5.77. The van der Waals surface area contributed by atoms with Gasteiger partial charge in [0, 0.05) is 30.1 Å². The highest BCUT2D eigenvalue weighted by atomic mass is 16.6. The third-order valence-corrected chi connectivity index (χ3v) is 7.70. The first-order chi connectivity index (χ1) is 22.5. The fourth-order valence-electron chi connectivity index (χ4n) is 5.48. The van der Waals surface area contributed by atoms with Gasteiger partial charge in [-0.1, -0.05) is 60.7 Å². The zero-order valence-corrected chi connectivity index (χ0v) is 26.6. The number of amides is 2. The molecule has 0 atom stereocenters. The van der Waals surface area contributed by atoms with Crippen LogP contribution < -0.4 is 21.0 Å². The number of nitrogens with one attached hydrogen (secondary N) is 1. The van der Waals surface area contributed by atoms with Crippen LogP contribution in [0.2, 0.25) is 0 Å². The summed E-state index contributed by atoms with van der Waals surface area (Å²) in [5, 5.41) is 1.22. The molecule has 0 saturated carbocycles. The van der Waals surface area contributed by atoms with E-state index in [4.69, 9.17) is 9.47 Å². The van der Waals surface area contributed by atoms with Crippen LogP contribution in [0.5, 0.6) is 5.88 Å². The van der Waals surface area contributed by atoms with Gasteiger partial charge in [0.2, 0.25) is 5.88 Å². The molecule has 0 aliphatic carbocycles. The number of ether oxygens (including phenoxy) is 2. The van der Waals surface area contributed by atoms with Crippen molar-refractivity contribution in [1.82, 2.24) is 19.4 Å². The quantitative estimate of drug-likeness (QED) is 0.157. The second-order valence-electron chi connectivity index (χ2n) is 12.2. The number of nitrogens with zero attached hydrogens (tertiary/aromatic N) is 3.